The van der Waals surface area contributed by atoms with Crippen LogP contribution in [0.15, 0.2) is 18.3 Å². The highest BCUT2D eigenvalue weighted by Gasteiger charge is 2.43. The molecule has 0 spiro atoms. The Morgan fingerprint density at radius 3 is 2.85 bits per heavy atom. The number of nitrogens with one attached hydrogen (secondary N) is 1. The van der Waals surface area contributed by atoms with Crippen LogP contribution in [0.1, 0.15) is 48.9 Å². The number of likely N-dealkylation sites (tertiary alicyclic amines) is 1. The molecule has 1 saturated carbocycles. The molecule has 144 valence electrons. The van der Waals surface area contributed by atoms with Crippen molar-refractivity contribution >= 4 is 11.7 Å². The van der Waals surface area contributed by atoms with E-state index in [1.54, 1.807) is 6.20 Å². The van der Waals surface area contributed by atoms with Gasteiger partial charge in [-0.25, -0.2) is 4.98 Å². The molecule has 6 heteroatoms. The molecule has 0 unspecified atom stereocenters. The van der Waals surface area contributed by atoms with E-state index in [1.807, 2.05) is 19.2 Å². The first kappa shape index (κ1) is 19.1. The molecule has 0 radical (unpaired) electrons. The minimum atomic E-state index is -0.0563. The van der Waals surface area contributed by atoms with Gasteiger partial charge in [-0.1, -0.05) is 6.42 Å². The van der Waals surface area contributed by atoms with Crippen LogP contribution in [0.5, 0.6) is 0 Å². The van der Waals surface area contributed by atoms with Crippen LogP contribution in [-0.2, 0) is 0 Å². The van der Waals surface area contributed by atoms with Crippen molar-refractivity contribution in [1.29, 1.82) is 0 Å². The van der Waals surface area contributed by atoms with Crippen LogP contribution < -0.4 is 10.2 Å². The molecule has 0 aromatic carbocycles. The first-order chi connectivity index (χ1) is 12.5. The van der Waals surface area contributed by atoms with E-state index in [-0.39, 0.29) is 17.9 Å². The highest BCUT2D eigenvalue weighted by Crippen LogP contribution is 2.45. The average molecular weight is 361 g/mol. The van der Waals surface area contributed by atoms with Crippen molar-refractivity contribution in [2.75, 3.05) is 45.2 Å². The second kappa shape index (κ2) is 8.35. The Labute approximate surface area is 156 Å². The van der Waals surface area contributed by atoms with E-state index in [2.05, 4.69) is 27.1 Å². The molecule has 1 aliphatic heterocycles. The number of aliphatic hydroxyl groups excluding tert-OH is 1. The van der Waals surface area contributed by atoms with Crippen LogP contribution in [0, 0.1) is 5.41 Å². The number of aliphatic hydroxyl groups is 1. The van der Waals surface area contributed by atoms with Crippen molar-refractivity contribution in [2.24, 2.45) is 5.41 Å². The van der Waals surface area contributed by atoms with Gasteiger partial charge >= 0.3 is 0 Å². The molecule has 1 aromatic heterocycles. The van der Waals surface area contributed by atoms with Gasteiger partial charge in [0.25, 0.3) is 5.91 Å². The zero-order valence-corrected chi connectivity index (χ0v) is 16.1. The molecule has 2 heterocycles. The summed E-state index contributed by atoms with van der Waals surface area (Å²) in [5.41, 5.74) is 0.654. The fraction of sp³-hybridized carbons (Fsp3) is 0.700. The number of nitrogens with zero attached hydrogens (tertiary/aromatic N) is 3. The molecule has 3 rings (SSSR count). The summed E-state index contributed by atoms with van der Waals surface area (Å²) in [7, 11) is 4.16. The molecule has 1 atom stereocenters. The number of carbonyl (C=O) groups excluding carboxylic acids is 1. The predicted octanol–water partition coefficient (Wildman–Crippen LogP) is 1.89. The van der Waals surface area contributed by atoms with Gasteiger partial charge in [-0.3, -0.25) is 4.79 Å². The number of hydrogen-bond donors (Lipinski definition) is 2. The van der Waals surface area contributed by atoms with E-state index >= 15 is 0 Å². The van der Waals surface area contributed by atoms with Gasteiger partial charge in [0, 0.05) is 37.8 Å². The van der Waals surface area contributed by atoms with Gasteiger partial charge in [-0.2, -0.15) is 0 Å². The van der Waals surface area contributed by atoms with Crippen LogP contribution in [0.4, 0.5) is 5.82 Å². The second-order valence-corrected chi connectivity index (χ2v) is 8.09. The molecule has 26 heavy (non-hydrogen) atoms. The third kappa shape index (κ3) is 4.74. The summed E-state index contributed by atoms with van der Waals surface area (Å²) in [6.07, 6.45) is 8.59. The standard InChI is InChI=1S/C20H32N4O2/c1-23-12-4-3-5-17(23)8-11-21-19(26)16-6-7-18(22-13-16)24(2)14-20(15-25)9-10-20/h6-7,13,17,25H,3-5,8-12,14-15H2,1-2H3,(H,21,26)/t17-/m0/s1. The Hall–Kier alpha value is -1.66. The van der Waals surface area contributed by atoms with E-state index < -0.39 is 0 Å². The molecular formula is C20H32N4O2. The topological polar surface area (TPSA) is 68.7 Å². The normalized spacial score (nSPS) is 22.0. The highest BCUT2D eigenvalue weighted by molar-refractivity contribution is 5.94. The maximum Gasteiger partial charge on any atom is 0.252 e. The van der Waals surface area contributed by atoms with Gasteiger partial charge in [0.15, 0.2) is 0 Å². The van der Waals surface area contributed by atoms with Crippen molar-refractivity contribution in [3.8, 4) is 0 Å². The van der Waals surface area contributed by atoms with Crippen molar-refractivity contribution in [3.05, 3.63) is 23.9 Å². The second-order valence-electron chi connectivity index (χ2n) is 8.09. The highest BCUT2D eigenvalue weighted by atomic mass is 16.3. The smallest absolute Gasteiger partial charge is 0.252 e. The summed E-state index contributed by atoms with van der Waals surface area (Å²) in [6, 6.07) is 4.30. The number of piperidine rings is 1. The van der Waals surface area contributed by atoms with Crippen molar-refractivity contribution in [3.63, 3.8) is 0 Å². The summed E-state index contributed by atoms with van der Waals surface area (Å²) in [6.45, 7) is 2.90. The van der Waals surface area contributed by atoms with Crippen LogP contribution >= 0.6 is 0 Å². The largest absolute Gasteiger partial charge is 0.396 e. The summed E-state index contributed by atoms with van der Waals surface area (Å²) in [5.74, 6) is 0.782. The van der Waals surface area contributed by atoms with Gasteiger partial charge in [0.2, 0.25) is 0 Å². The summed E-state index contributed by atoms with van der Waals surface area (Å²) < 4.78 is 0. The van der Waals surface area contributed by atoms with Crippen LogP contribution in [0.3, 0.4) is 0 Å². The molecule has 2 aliphatic rings. The Bertz CT molecular complexity index is 600. The summed E-state index contributed by atoms with van der Waals surface area (Å²) in [5, 5.41) is 12.5. The number of rotatable bonds is 8. The third-order valence-corrected chi connectivity index (χ3v) is 5.95. The number of pyridine rings is 1. The molecule has 1 aliphatic carbocycles. The average Bonchev–Trinajstić information content (AvgIpc) is 3.43. The Morgan fingerprint density at radius 1 is 1.42 bits per heavy atom. The van der Waals surface area contributed by atoms with E-state index in [1.165, 1.54) is 19.3 Å². The lowest BCUT2D eigenvalue weighted by Crippen LogP contribution is -2.39. The van der Waals surface area contributed by atoms with Gasteiger partial charge in [0.05, 0.1) is 12.2 Å². The fourth-order valence-corrected chi connectivity index (χ4v) is 3.84. The number of carbonyl (C=O) groups is 1. The molecular weight excluding hydrogens is 328 g/mol. The van der Waals surface area contributed by atoms with Gasteiger partial charge in [0.1, 0.15) is 5.82 Å². The maximum absolute atomic E-state index is 12.3. The molecule has 2 fully saturated rings. The first-order valence-electron chi connectivity index (χ1n) is 9.79. The molecule has 2 N–H and O–H groups in total. The maximum atomic E-state index is 12.3. The molecule has 6 nitrogen and oxygen atoms in total. The first-order valence-corrected chi connectivity index (χ1v) is 9.79. The number of anilines is 1. The molecule has 1 aromatic rings. The number of hydrogen-bond acceptors (Lipinski definition) is 5. The van der Waals surface area contributed by atoms with E-state index in [4.69, 9.17) is 0 Å². The minimum Gasteiger partial charge on any atom is -0.396 e. The molecule has 1 amide bonds. The summed E-state index contributed by atoms with van der Waals surface area (Å²) >= 11 is 0. The van der Waals surface area contributed by atoms with E-state index in [0.29, 0.717) is 18.2 Å². The van der Waals surface area contributed by atoms with Crippen LogP contribution in [0.2, 0.25) is 0 Å². The van der Waals surface area contributed by atoms with Crippen LogP contribution in [0.25, 0.3) is 0 Å². The minimum absolute atomic E-state index is 0.0543. The van der Waals surface area contributed by atoms with Crippen molar-refractivity contribution < 1.29 is 9.90 Å². The lowest BCUT2D eigenvalue weighted by molar-refractivity contribution is 0.0945. The van der Waals surface area contributed by atoms with E-state index in [0.717, 1.165) is 38.2 Å². The van der Waals surface area contributed by atoms with Crippen molar-refractivity contribution in [2.45, 2.75) is 44.6 Å². The lowest BCUT2D eigenvalue weighted by atomic mass is 10.0. The predicted molar refractivity (Wildman–Crippen MR) is 103 cm³/mol. The third-order valence-electron chi connectivity index (χ3n) is 5.95. The summed E-state index contributed by atoms with van der Waals surface area (Å²) in [4.78, 5) is 21.2. The zero-order chi connectivity index (χ0) is 18.6. The van der Waals surface area contributed by atoms with Gasteiger partial charge in [-0.15, -0.1) is 0 Å². The van der Waals surface area contributed by atoms with Crippen molar-refractivity contribution in [1.82, 2.24) is 15.2 Å². The quantitative estimate of drug-likeness (QED) is 0.741. The Kier molecular flexibility index (Phi) is 6.14. The molecule has 1 saturated heterocycles. The fourth-order valence-electron chi connectivity index (χ4n) is 3.84. The molecule has 0 bridgehead atoms. The lowest BCUT2D eigenvalue weighted by Gasteiger charge is -2.32. The Balaban J connectivity index is 1.46. The van der Waals surface area contributed by atoms with Gasteiger partial charge < -0.3 is 20.2 Å². The number of aromatic nitrogens is 1. The van der Waals surface area contributed by atoms with Gasteiger partial charge in [-0.05, 0) is 57.8 Å². The van der Waals surface area contributed by atoms with Crippen LogP contribution in [-0.4, -0.2) is 67.3 Å². The zero-order valence-electron chi connectivity index (χ0n) is 16.1. The Morgan fingerprint density at radius 2 is 2.23 bits per heavy atom. The number of amides is 1. The SMILES string of the molecule is CN(CC1(CO)CC1)c1ccc(C(=O)NCC[C@@H]2CCCCN2C)cn1. The van der Waals surface area contributed by atoms with E-state index in [9.17, 15) is 9.90 Å². The monoisotopic (exact) mass is 360 g/mol.